The highest BCUT2D eigenvalue weighted by Crippen LogP contribution is 2.42. The smallest absolute Gasteiger partial charge is 0.319 e. The van der Waals surface area contributed by atoms with Gasteiger partial charge in [-0.3, -0.25) is 9.88 Å². The van der Waals surface area contributed by atoms with Crippen LogP contribution in [-0.2, 0) is 6.42 Å². The fraction of sp³-hybridized carbons (Fsp3) is 0.514. The molecule has 2 atom stereocenters. The third-order valence-corrected chi connectivity index (χ3v) is 10.7. The molecule has 3 fully saturated rings. The molecule has 3 aliphatic rings. The van der Waals surface area contributed by atoms with Gasteiger partial charge < -0.3 is 19.6 Å². The molecule has 4 heterocycles. The lowest BCUT2D eigenvalue weighted by molar-refractivity contribution is 0.0681. The number of aromatic nitrogens is 3. The van der Waals surface area contributed by atoms with Gasteiger partial charge in [0.15, 0.2) is 5.82 Å². The highest BCUT2D eigenvalue weighted by atomic mass is 35.5. The maximum absolute atomic E-state index is 16.8. The van der Waals surface area contributed by atoms with E-state index in [-0.39, 0.29) is 65.5 Å². The van der Waals surface area contributed by atoms with Crippen molar-refractivity contribution in [3.8, 4) is 23.0 Å². The van der Waals surface area contributed by atoms with Crippen LogP contribution in [0.25, 0.3) is 32.9 Å². The second-order valence-corrected chi connectivity index (χ2v) is 13.6. The molecule has 0 unspecified atom stereocenters. The highest BCUT2D eigenvalue weighted by molar-refractivity contribution is 6.01. The maximum Gasteiger partial charge on any atom is 0.319 e. The summed E-state index contributed by atoms with van der Waals surface area (Å²) in [4.78, 5) is 20.6. The Morgan fingerprint density at radius 1 is 1.09 bits per heavy atom. The Bertz CT molecular complexity index is 1770. The van der Waals surface area contributed by atoms with Gasteiger partial charge in [0.1, 0.15) is 35.6 Å². The third kappa shape index (κ3) is 6.07. The molecule has 12 heteroatoms. The maximum atomic E-state index is 16.8. The first-order chi connectivity index (χ1) is 21.6. The first kappa shape index (κ1) is 35.3. The first-order valence-corrected chi connectivity index (χ1v) is 16.1. The first-order valence-electron chi connectivity index (χ1n) is 16.1. The number of likely N-dealkylation sites (N-methyl/N-ethyl adjacent to an activating group) is 2. The number of aromatic hydroxyl groups is 1. The number of rotatable bonds is 9. The zero-order valence-electron chi connectivity index (χ0n) is 27.4. The number of halogens is 4. The molecule has 1 N–H and O–H groups in total. The van der Waals surface area contributed by atoms with Gasteiger partial charge in [0.25, 0.3) is 0 Å². The van der Waals surface area contributed by atoms with Crippen LogP contribution in [-0.4, -0.2) is 94.5 Å². The predicted molar refractivity (Wildman–Crippen MR) is 188 cm³/mol. The van der Waals surface area contributed by atoms with Crippen molar-refractivity contribution in [2.45, 2.75) is 69.1 Å². The molecule has 7 rings (SSSR count). The molecular formula is C35H44Cl2F2N6O2. The van der Waals surface area contributed by atoms with E-state index in [1.165, 1.54) is 0 Å². The number of phenols is 1. The summed E-state index contributed by atoms with van der Waals surface area (Å²) in [6.45, 7) is 4.28. The van der Waals surface area contributed by atoms with Crippen molar-refractivity contribution in [1.29, 1.82) is 0 Å². The normalized spacial score (nSPS) is 21.7. The van der Waals surface area contributed by atoms with Crippen molar-refractivity contribution in [1.82, 2.24) is 24.8 Å². The van der Waals surface area contributed by atoms with Gasteiger partial charge in [-0.15, -0.1) is 24.8 Å². The van der Waals surface area contributed by atoms with Gasteiger partial charge in [0.05, 0.1) is 10.9 Å². The molecule has 0 bridgehead atoms. The number of ether oxygens (including phenoxy) is 1. The molecule has 0 spiro atoms. The zero-order chi connectivity index (χ0) is 31.5. The molecule has 8 nitrogen and oxygen atoms in total. The second kappa shape index (κ2) is 13.5. The van der Waals surface area contributed by atoms with E-state index < -0.39 is 12.0 Å². The Hall–Kier alpha value is -3.05. The lowest BCUT2D eigenvalue weighted by atomic mass is 9.75. The minimum absolute atomic E-state index is 0. The van der Waals surface area contributed by atoms with Crippen LogP contribution in [0.1, 0.15) is 51.0 Å². The fourth-order valence-electron chi connectivity index (χ4n) is 8.03. The van der Waals surface area contributed by atoms with Crippen molar-refractivity contribution in [2.75, 3.05) is 52.3 Å². The minimum Gasteiger partial charge on any atom is -0.508 e. The van der Waals surface area contributed by atoms with E-state index in [0.29, 0.717) is 36.3 Å². The number of pyridine rings is 1. The Balaban J connectivity index is 0.00000217. The molecule has 1 saturated carbocycles. The summed E-state index contributed by atoms with van der Waals surface area (Å²) < 4.78 is 37.6. The van der Waals surface area contributed by atoms with E-state index in [1.807, 2.05) is 25.2 Å². The van der Waals surface area contributed by atoms with Gasteiger partial charge in [-0.1, -0.05) is 25.1 Å². The molecule has 2 aromatic carbocycles. The third-order valence-electron chi connectivity index (χ3n) is 10.7. The van der Waals surface area contributed by atoms with Crippen molar-refractivity contribution < 1.29 is 18.6 Å². The van der Waals surface area contributed by atoms with Gasteiger partial charge in [0, 0.05) is 43.9 Å². The molecule has 4 aromatic rings. The summed E-state index contributed by atoms with van der Waals surface area (Å²) in [7, 11) is 6.17. The predicted octanol–water partition coefficient (Wildman–Crippen LogP) is 6.97. The van der Waals surface area contributed by atoms with E-state index in [2.05, 4.69) is 45.7 Å². The monoisotopic (exact) mass is 688 g/mol. The van der Waals surface area contributed by atoms with Crippen molar-refractivity contribution in [3.63, 3.8) is 0 Å². The van der Waals surface area contributed by atoms with Crippen LogP contribution in [0.15, 0.2) is 36.5 Å². The minimum atomic E-state index is -0.881. The number of hydrogen-bond acceptors (Lipinski definition) is 8. The van der Waals surface area contributed by atoms with Gasteiger partial charge in [-0.2, -0.15) is 9.97 Å². The van der Waals surface area contributed by atoms with Gasteiger partial charge >= 0.3 is 6.01 Å². The van der Waals surface area contributed by atoms with Crippen molar-refractivity contribution in [2.24, 2.45) is 0 Å². The number of hydrogen-bond donors (Lipinski definition) is 1. The lowest BCUT2D eigenvalue weighted by Gasteiger charge is -2.49. The topological polar surface area (TPSA) is 77.9 Å². The van der Waals surface area contributed by atoms with Crippen LogP contribution in [0.2, 0.25) is 0 Å². The van der Waals surface area contributed by atoms with E-state index in [0.717, 1.165) is 61.4 Å². The van der Waals surface area contributed by atoms with Crippen LogP contribution in [0, 0.1) is 5.82 Å². The molecular weight excluding hydrogens is 645 g/mol. The number of nitrogens with zero attached hydrogens (tertiary/aromatic N) is 6. The molecule has 254 valence electrons. The molecule has 2 saturated heterocycles. The average molecular weight is 690 g/mol. The largest absolute Gasteiger partial charge is 0.508 e. The number of benzene rings is 2. The Kier molecular flexibility index (Phi) is 10.1. The Labute approximate surface area is 287 Å². The van der Waals surface area contributed by atoms with E-state index in [4.69, 9.17) is 9.72 Å². The van der Waals surface area contributed by atoms with E-state index in [1.54, 1.807) is 18.3 Å². The molecule has 2 aromatic heterocycles. The summed E-state index contributed by atoms with van der Waals surface area (Å²) in [5, 5.41) is 12.8. The zero-order valence-corrected chi connectivity index (χ0v) is 29.1. The fourth-order valence-corrected chi connectivity index (χ4v) is 8.03. The Morgan fingerprint density at radius 2 is 1.87 bits per heavy atom. The molecule has 0 radical (unpaired) electrons. The van der Waals surface area contributed by atoms with Crippen molar-refractivity contribution in [3.05, 3.63) is 47.9 Å². The molecule has 47 heavy (non-hydrogen) atoms. The number of alkyl halides is 1. The summed E-state index contributed by atoms with van der Waals surface area (Å²) in [6.07, 6.45) is 7.07. The van der Waals surface area contributed by atoms with Crippen LogP contribution < -0.4 is 9.64 Å². The summed E-state index contributed by atoms with van der Waals surface area (Å²) in [6, 6.07) is 9.21. The summed E-state index contributed by atoms with van der Waals surface area (Å²) in [5.74, 6) is -0.00746. The summed E-state index contributed by atoms with van der Waals surface area (Å²) >= 11 is 0. The lowest BCUT2D eigenvalue weighted by Crippen LogP contribution is -2.56. The number of fused-ring (bicyclic) bond motifs is 3. The molecule has 0 amide bonds. The number of anilines is 1. The quantitative estimate of drug-likeness (QED) is 0.202. The number of phenolic OH excluding ortho intramolecular Hbond substituents is 1. The SMILES string of the molecule is CCc1cccc2cc(O)cc(-c3ncc4c(N(C)CC5(N(C)C)CCC5)nc(OC[C@@]56CCCN5C[C@H](F)C6)nc4c3F)c12.Cl.Cl. The van der Waals surface area contributed by atoms with Crippen LogP contribution in [0.3, 0.4) is 0 Å². The standard InChI is InChI=1S/C35H42F2N6O2.2ClH/c1-5-22-9-6-10-23-15-25(44)16-26(28(22)23)30-29(37)31-27(18-38-30)32(42(4)20-34(41(2)3)11-7-12-34)40-33(39-31)45-21-35-13-8-14-43(35)19-24(36)17-35;;/h6,9-10,15-16,18,24,44H,5,7-8,11-14,17,19-21H2,1-4H3;2*1H/t24-,35+;;/m1../s1. The second-order valence-electron chi connectivity index (χ2n) is 13.6. The van der Waals surface area contributed by atoms with Gasteiger partial charge in [0.2, 0.25) is 0 Å². The highest BCUT2D eigenvalue weighted by Gasteiger charge is 2.49. The van der Waals surface area contributed by atoms with Gasteiger partial charge in [-0.25, -0.2) is 8.78 Å². The Morgan fingerprint density at radius 3 is 2.57 bits per heavy atom. The number of aryl methyl sites for hydroxylation is 1. The van der Waals surface area contributed by atoms with Crippen LogP contribution in [0.5, 0.6) is 11.8 Å². The molecule has 2 aliphatic heterocycles. The average Bonchev–Trinajstić information content (AvgIpc) is 3.52. The van der Waals surface area contributed by atoms with E-state index in [9.17, 15) is 9.50 Å². The molecule has 1 aliphatic carbocycles. The van der Waals surface area contributed by atoms with Crippen LogP contribution >= 0.6 is 24.8 Å². The van der Waals surface area contributed by atoms with Crippen LogP contribution in [0.4, 0.5) is 14.6 Å². The van der Waals surface area contributed by atoms with E-state index >= 15 is 4.39 Å². The van der Waals surface area contributed by atoms with Crippen molar-refractivity contribution >= 4 is 52.3 Å². The van der Waals surface area contributed by atoms with Gasteiger partial charge in [-0.05, 0) is 87.6 Å². The summed E-state index contributed by atoms with van der Waals surface area (Å²) in [5.41, 5.74) is 1.39.